The van der Waals surface area contributed by atoms with Crippen LogP contribution < -0.4 is 18.9 Å². The van der Waals surface area contributed by atoms with E-state index < -0.39 is 44.0 Å². The van der Waals surface area contributed by atoms with Gasteiger partial charge in [0, 0.05) is 123 Å². The van der Waals surface area contributed by atoms with Crippen LogP contribution in [0.15, 0.2) is 12.3 Å². The molecule has 5 fully saturated rings. The Morgan fingerprint density at radius 3 is 1.19 bits per heavy atom. The van der Waals surface area contributed by atoms with Crippen molar-refractivity contribution >= 4 is 90.5 Å². The molecule has 3 radical (unpaired) electrons. The summed E-state index contributed by atoms with van der Waals surface area (Å²) in [6, 6.07) is 2.00. The number of amides is 4. The summed E-state index contributed by atoms with van der Waals surface area (Å²) in [6.07, 6.45) is 14.3. The van der Waals surface area contributed by atoms with Gasteiger partial charge in [0.05, 0.1) is 31.4 Å². The molecule has 20 nitrogen and oxygen atoms in total. The summed E-state index contributed by atoms with van der Waals surface area (Å²) >= 11 is 1.86. The van der Waals surface area contributed by atoms with Crippen LogP contribution >= 0.6 is 24.2 Å². The van der Waals surface area contributed by atoms with Crippen LogP contribution in [0.1, 0.15) is 257 Å². The van der Waals surface area contributed by atoms with Crippen molar-refractivity contribution in [1.82, 2.24) is 24.6 Å². The van der Waals surface area contributed by atoms with Gasteiger partial charge in [-0.2, -0.15) is 11.8 Å². The smallest absolute Gasteiger partial charge is 1.00 e. The third-order valence-corrected chi connectivity index (χ3v) is 20.7. The van der Waals surface area contributed by atoms with E-state index in [-0.39, 0.29) is 163 Å². The Morgan fingerprint density at radius 2 is 0.848 bits per heavy atom. The van der Waals surface area contributed by atoms with Crippen LogP contribution in [0.25, 0.3) is 0 Å². The zero-order chi connectivity index (χ0) is 75.0. The van der Waals surface area contributed by atoms with Gasteiger partial charge in [0.2, 0.25) is 0 Å². The number of aliphatic hydroxyl groups excluding tert-OH is 1. The quantitative estimate of drug-likeness (QED) is 0.137. The molecule has 1 N–H and O–H groups in total. The van der Waals surface area contributed by atoms with Crippen molar-refractivity contribution in [2.24, 2.45) is 65.1 Å². The van der Waals surface area contributed by atoms with Gasteiger partial charge in [0.25, 0.3) is 0 Å². The van der Waals surface area contributed by atoms with Gasteiger partial charge in [0.1, 0.15) is 22.4 Å². The fourth-order valence-electron chi connectivity index (χ4n) is 13.0. The second-order valence-corrected chi connectivity index (χ2v) is 36.5. The zero-order valence-electron chi connectivity index (χ0n) is 68.5. The zero-order valence-corrected chi connectivity index (χ0v) is 70.8. The Kier molecular flexibility index (Phi) is 60.9. The molecule has 0 bridgehead atoms. The fourth-order valence-corrected chi connectivity index (χ4v) is 16.0. The number of hydrogen-bond acceptors (Lipinski definition) is 17. The molecule has 105 heavy (non-hydrogen) atoms. The third-order valence-electron chi connectivity index (χ3n) is 18.2. The van der Waals surface area contributed by atoms with Crippen molar-refractivity contribution in [3.8, 4) is 0 Å². The summed E-state index contributed by atoms with van der Waals surface area (Å²) in [5, 5.41) is 9.33. The molecule has 0 aromatic carbocycles. The molecule has 4 aliphatic heterocycles. The largest absolute Gasteiger partial charge is 1.00 e. The normalized spacial score (nSPS) is 26.0. The molecular weight excluding hydrogens is 1410 g/mol. The predicted molar refractivity (Wildman–Crippen MR) is 443 cm³/mol. The summed E-state index contributed by atoms with van der Waals surface area (Å²) in [5.41, 5.74) is 0.322. The van der Waals surface area contributed by atoms with E-state index >= 15 is 0 Å². The van der Waals surface area contributed by atoms with E-state index in [4.69, 9.17) is 23.7 Å². The number of aryl methyl sites for hydroxylation is 2. The van der Waals surface area contributed by atoms with E-state index in [2.05, 4.69) is 57.5 Å². The summed E-state index contributed by atoms with van der Waals surface area (Å²) in [6.45, 7) is 50.3. The standard InChI is InChI=1S/C14H25NO4.C14H27NO3S.C14H27NO2S.C13H25NO3.C10H20OS.C9H11NO2.5CH4.B.ClH.Li.H/c1-9-7-11(12(16)18-6)10(2)15(8-9)13(17)19-14(3,4)5;1-10-7-12(9-19(6)17)11(2)15(8-10)13(16)18-14(3,4)5;1-10-7-12(9-18-6)11(2)15(8-10)13(16)17-14(3,4)5;1-9-6-11(8-15)10(2)14(7-9)12(16)17-13(3,4)5;1-8-4-5-9(2)10(6-8)7-12(3)11;1-6-4-8(9(11)12-3)7(2)10-5-6;;;;;;;;;/h9-11H,7-8H2,1-6H3;10-12H,7-9H2,1-6H3;10-12H,7-9H2,1-6H3;9-11,15H,6-8H2,1-5H3;8-10H,4-7H2,1-3H3;4-5H,1-3H3;5*1H4;;1H;;/q;;;;;;;;;;;;;+1;-1. The Hall–Kier alpha value is -3.27. The van der Waals surface area contributed by atoms with Crippen molar-refractivity contribution in [3.05, 3.63) is 29.1 Å². The van der Waals surface area contributed by atoms with Gasteiger partial charge >= 0.3 is 55.2 Å². The molecule has 617 valence electrons. The number of nitrogens with zero attached hydrogens (tertiary/aromatic N) is 5. The first kappa shape index (κ1) is 117. The Morgan fingerprint density at radius 1 is 0.524 bits per heavy atom. The number of ether oxygens (including phenoxy) is 6. The molecule has 5 heterocycles. The third kappa shape index (κ3) is 45.0. The molecule has 26 heteroatoms. The van der Waals surface area contributed by atoms with Crippen LogP contribution in [0.2, 0.25) is 0 Å². The monoisotopic (exact) mass is 1570 g/mol. The Bertz CT molecular complexity index is 2670. The van der Waals surface area contributed by atoms with Gasteiger partial charge in [0.15, 0.2) is 0 Å². The fraction of sp³-hybridized carbons (Fsp3) is 0.861. The molecule has 4 amide bonds. The first-order chi connectivity index (χ1) is 44.5. The van der Waals surface area contributed by atoms with Crippen LogP contribution in [0.4, 0.5) is 19.2 Å². The number of thioether (sulfide) groups is 1. The summed E-state index contributed by atoms with van der Waals surface area (Å²) in [4.78, 5) is 82.7. The number of carbonyl (C=O) groups is 6. The average Bonchev–Trinajstić information content (AvgIpc) is 0.778. The maximum atomic E-state index is 12.2. The van der Waals surface area contributed by atoms with E-state index in [9.17, 15) is 42.3 Å². The molecule has 1 aromatic heterocycles. The van der Waals surface area contributed by atoms with E-state index in [1.54, 1.807) is 40.1 Å². The van der Waals surface area contributed by atoms with Crippen molar-refractivity contribution in [1.29, 1.82) is 0 Å². The summed E-state index contributed by atoms with van der Waals surface area (Å²) < 4.78 is 53.7. The number of aromatic nitrogens is 1. The molecule has 1 aliphatic carbocycles. The van der Waals surface area contributed by atoms with E-state index in [0.717, 1.165) is 67.2 Å². The minimum atomic E-state index is -0.825. The van der Waals surface area contributed by atoms with Gasteiger partial charge in [-0.15, -0.1) is 12.4 Å². The maximum absolute atomic E-state index is 12.2. The number of aliphatic hydroxyl groups is 1. The molecule has 4 saturated heterocycles. The molecular formula is C79H157BClLiN5O15S3. The van der Waals surface area contributed by atoms with Crippen LogP contribution in [0.3, 0.4) is 0 Å². The van der Waals surface area contributed by atoms with Gasteiger partial charge in [-0.3, -0.25) is 18.2 Å². The number of carbonyl (C=O) groups excluding carboxylic acids is 6. The Labute approximate surface area is 673 Å². The van der Waals surface area contributed by atoms with Crippen molar-refractivity contribution in [2.75, 3.05) is 83.0 Å². The van der Waals surface area contributed by atoms with Crippen LogP contribution in [0.5, 0.6) is 0 Å². The molecule has 17 atom stereocenters. The topological polar surface area (TPSA) is 238 Å². The van der Waals surface area contributed by atoms with Gasteiger partial charge in [-0.25, -0.2) is 24.0 Å². The minimum absolute atomic E-state index is 0. The van der Waals surface area contributed by atoms with Crippen LogP contribution in [-0.4, -0.2) is 212 Å². The van der Waals surface area contributed by atoms with E-state index in [1.807, 2.05) is 141 Å². The summed E-state index contributed by atoms with van der Waals surface area (Å²) in [5.74, 6) is 6.90. The molecule has 5 aliphatic rings. The predicted octanol–water partition coefficient (Wildman–Crippen LogP) is 15.2. The van der Waals surface area contributed by atoms with Crippen molar-refractivity contribution in [2.45, 2.75) is 295 Å². The number of pyridine rings is 1. The molecule has 0 spiro atoms. The Balaban J connectivity index is -0.000000151. The molecule has 1 saturated carbocycles. The number of halogens is 1. The minimum Gasteiger partial charge on any atom is -1.00 e. The molecule has 6 rings (SSSR count). The number of piperidine rings is 4. The van der Waals surface area contributed by atoms with Gasteiger partial charge in [-0.1, -0.05) is 91.5 Å². The van der Waals surface area contributed by atoms with Crippen LogP contribution in [0, 0.1) is 78.9 Å². The SMILES string of the molecule is C.C.C.C.C.CC1CC(CO)C(C)N(C(=O)OC(C)(C)C)C1.CC1CC(CS(C)=O)C(C)N(C(=O)OC(C)(C)C)C1.CC1CCC(C)C(CS(C)=O)C1.COC(=O)C1CC(C)CN(C(=O)OC(C)(C)C)C1C.COC(=O)c1cc(C)cnc1C.CSCC1CC(C)CN(C(=O)OC(C)(C)C)C1C.Cl.[B].[H-].[Li+]. The number of esters is 2. The van der Waals surface area contributed by atoms with Gasteiger partial charge < -0.3 is 54.6 Å². The second-order valence-electron chi connectivity index (χ2n) is 32.7. The van der Waals surface area contributed by atoms with Crippen molar-refractivity contribution in [3.63, 3.8) is 0 Å². The van der Waals surface area contributed by atoms with Crippen molar-refractivity contribution < 1.29 is 91.0 Å². The summed E-state index contributed by atoms with van der Waals surface area (Å²) in [7, 11) is 1.32. The van der Waals surface area contributed by atoms with Crippen LogP contribution in [-0.2, 0) is 54.8 Å². The number of rotatable bonds is 9. The number of hydrogen-bond donors (Lipinski definition) is 1. The van der Waals surface area contributed by atoms with Gasteiger partial charge in [-0.05, 0) is 234 Å². The number of likely N-dealkylation sites (tertiary alicyclic amines) is 4. The molecule has 1 aromatic rings. The second kappa shape index (κ2) is 54.4. The first-order valence-corrected chi connectivity index (χ1v) is 40.1. The number of methoxy groups -OCH3 is 2. The molecule has 17 unspecified atom stereocenters. The van der Waals surface area contributed by atoms with E-state index in [1.165, 1.54) is 39.9 Å². The maximum Gasteiger partial charge on any atom is 1.00 e. The van der Waals surface area contributed by atoms with E-state index in [0.29, 0.717) is 59.7 Å². The first-order valence-electron chi connectivity index (χ1n) is 35.3. The average molecular weight is 1570 g/mol.